The van der Waals surface area contributed by atoms with Crippen LogP contribution in [-0.4, -0.2) is 34.3 Å². The molecule has 0 spiro atoms. The van der Waals surface area contributed by atoms with Crippen LogP contribution in [0.2, 0.25) is 0 Å². The number of aryl methyl sites for hydroxylation is 2. The van der Waals surface area contributed by atoms with E-state index < -0.39 is 0 Å². The molecule has 0 saturated heterocycles. The minimum absolute atomic E-state index is 0. The van der Waals surface area contributed by atoms with Crippen molar-refractivity contribution in [1.29, 1.82) is 0 Å². The second-order valence-corrected chi connectivity index (χ2v) is 5.94. The van der Waals surface area contributed by atoms with Gasteiger partial charge in [-0.05, 0) is 25.1 Å². The Kier molecular flexibility index (Phi) is 7.57. The topological polar surface area (TPSA) is 80.3 Å². The number of aromatic nitrogens is 3. The van der Waals surface area contributed by atoms with E-state index in [2.05, 4.69) is 32.7 Å². The molecule has 0 aliphatic rings. The molecule has 9 heteroatoms. The van der Waals surface area contributed by atoms with Gasteiger partial charge in [-0.25, -0.2) is 4.39 Å². The zero-order chi connectivity index (χ0) is 18.5. The summed E-state index contributed by atoms with van der Waals surface area (Å²) in [6, 6.07) is 4.55. The number of furan rings is 1. The van der Waals surface area contributed by atoms with Gasteiger partial charge in [0.2, 0.25) is 0 Å². The fraction of sp³-hybridized carbons (Fsp3) is 0.389. The van der Waals surface area contributed by atoms with E-state index in [1.54, 1.807) is 19.4 Å². The van der Waals surface area contributed by atoms with Gasteiger partial charge in [-0.15, -0.1) is 34.2 Å². The summed E-state index contributed by atoms with van der Waals surface area (Å²) in [7, 11) is 1.71. The molecule has 0 fully saturated rings. The maximum atomic E-state index is 13.4. The molecule has 0 bridgehead atoms. The lowest BCUT2D eigenvalue weighted by molar-refractivity contribution is 0.533. The third-order valence-electron chi connectivity index (χ3n) is 4.29. The number of fused-ring (bicyclic) bond motifs is 1. The minimum Gasteiger partial charge on any atom is -0.459 e. The first-order valence-corrected chi connectivity index (χ1v) is 8.61. The molecule has 3 rings (SSSR count). The highest BCUT2D eigenvalue weighted by atomic mass is 127. The lowest BCUT2D eigenvalue weighted by atomic mass is 10.1. The van der Waals surface area contributed by atoms with Crippen molar-refractivity contribution in [2.75, 3.05) is 13.6 Å². The number of aliphatic imine (C=N–C) groups is 1. The van der Waals surface area contributed by atoms with Crippen LogP contribution in [0.15, 0.2) is 33.9 Å². The van der Waals surface area contributed by atoms with E-state index in [9.17, 15) is 4.39 Å². The summed E-state index contributed by atoms with van der Waals surface area (Å²) in [4.78, 5) is 4.21. The third-order valence-corrected chi connectivity index (χ3v) is 4.29. The molecule has 7 nitrogen and oxygen atoms in total. The van der Waals surface area contributed by atoms with Crippen LogP contribution in [0.5, 0.6) is 0 Å². The van der Waals surface area contributed by atoms with Gasteiger partial charge in [0.15, 0.2) is 5.96 Å². The summed E-state index contributed by atoms with van der Waals surface area (Å²) in [5.74, 6) is 2.13. The number of rotatable bonds is 6. The number of halogens is 2. The van der Waals surface area contributed by atoms with Gasteiger partial charge in [0.25, 0.3) is 0 Å². The summed E-state index contributed by atoms with van der Waals surface area (Å²) in [5, 5.41) is 15.3. The van der Waals surface area contributed by atoms with Gasteiger partial charge >= 0.3 is 0 Å². The number of nitrogens with one attached hydrogen (secondary N) is 2. The number of nitrogens with zero attached hydrogens (tertiary/aromatic N) is 4. The van der Waals surface area contributed by atoms with Crippen molar-refractivity contribution >= 4 is 40.9 Å². The van der Waals surface area contributed by atoms with Gasteiger partial charge < -0.3 is 19.6 Å². The highest BCUT2D eigenvalue weighted by Crippen LogP contribution is 2.25. The fourth-order valence-corrected chi connectivity index (χ4v) is 2.83. The second-order valence-electron chi connectivity index (χ2n) is 5.94. The number of hydrogen-bond donors (Lipinski definition) is 2. The highest BCUT2D eigenvalue weighted by molar-refractivity contribution is 14.0. The number of hydrogen-bond acceptors (Lipinski definition) is 4. The number of benzene rings is 1. The monoisotopic (exact) mass is 486 g/mol. The smallest absolute Gasteiger partial charge is 0.191 e. The molecule has 146 valence electrons. The summed E-state index contributed by atoms with van der Waals surface area (Å²) < 4.78 is 21.2. The molecule has 3 aromatic rings. The van der Waals surface area contributed by atoms with E-state index in [0.29, 0.717) is 24.6 Å². The largest absolute Gasteiger partial charge is 0.459 e. The molecule has 0 aliphatic carbocycles. The van der Waals surface area contributed by atoms with Crippen LogP contribution in [-0.2, 0) is 19.5 Å². The van der Waals surface area contributed by atoms with Crippen LogP contribution in [0.1, 0.15) is 24.1 Å². The Morgan fingerprint density at radius 2 is 2.15 bits per heavy atom. The van der Waals surface area contributed by atoms with E-state index in [-0.39, 0.29) is 29.8 Å². The molecule has 0 atom stereocenters. The molecule has 0 aliphatic heterocycles. The van der Waals surface area contributed by atoms with Crippen molar-refractivity contribution in [2.24, 2.45) is 4.99 Å². The lowest BCUT2D eigenvalue weighted by Crippen LogP contribution is -2.38. The van der Waals surface area contributed by atoms with Crippen molar-refractivity contribution in [1.82, 2.24) is 25.4 Å². The Bertz CT molecular complexity index is 920. The minimum atomic E-state index is -0.265. The molecule has 2 heterocycles. The average molecular weight is 486 g/mol. The second kappa shape index (κ2) is 9.67. The standard InChI is InChI=1S/C18H23FN6O.HI/c1-4-17-24-23-11-25(17)8-7-21-18(20-3)22-10-16-12(2)14-9-13(19)5-6-15(14)26-16;/h5-6,9,11H,4,7-8,10H2,1-3H3,(H2,20,21,22);1H. The molecule has 0 amide bonds. The Balaban J connectivity index is 0.00000261. The summed E-state index contributed by atoms with van der Waals surface area (Å²) in [6.07, 6.45) is 2.58. The Hall–Kier alpha value is -2.17. The molecular weight excluding hydrogens is 462 g/mol. The lowest BCUT2D eigenvalue weighted by Gasteiger charge is -2.12. The average Bonchev–Trinajstić information content (AvgIpc) is 3.22. The molecule has 0 unspecified atom stereocenters. The molecule has 27 heavy (non-hydrogen) atoms. The SMILES string of the molecule is CCc1nncn1CCNC(=NC)NCc1oc2ccc(F)cc2c1C.I. The van der Waals surface area contributed by atoms with Gasteiger partial charge in [-0.2, -0.15) is 0 Å². The molecule has 0 saturated carbocycles. The van der Waals surface area contributed by atoms with Crippen molar-refractivity contribution in [3.8, 4) is 0 Å². The third kappa shape index (κ3) is 4.96. The number of guanidine groups is 1. The van der Waals surface area contributed by atoms with Gasteiger partial charge in [0.1, 0.15) is 29.3 Å². The van der Waals surface area contributed by atoms with Gasteiger partial charge in [0.05, 0.1) is 6.54 Å². The Morgan fingerprint density at radius 3 is 2.89 bits per heavy atom. The summed E-state index contributed by atoms with van der Waals surface area (Å²) >= 11 is 0. The van der Waals surface area contributed by atoms with Crippen molar-refractivity contribution in [3.05, 3.63) is 47.5 Å². The highest BCUT2D eigenvalue weighted by Gasteiger charge is 2.11. The fourth-order valence-electron chi connectivity index (χ4n) is 2.83. The molecule has 2 aromatic heterocycles. The van der Waals surface area contributed by atoms with E-state index >= 15 is 0 Å². The molecular formula is C18H24FIN6O. The summed E-state index contributed by atoms with van der Waals surface area (Å²) in [5.41, 5.74) is 1.61. The predicted molar refractivity (Wildman–Crippen MR) is 114 cm³/mol. The van der Waals surface area contributed by atoms with E-state index in [1.807, 2.05) is 11.5 Å². The van der Waals surface area contributed by atoms with Crippen molar-refractivity contribution in [2.45, 2.75) is 33.4 Å². The normalized spacial score (nSPS) is 11.5. The van der Waals surface area contributed by atoms with E-state index in [1.165, 1.54) is 12.1 Å². The zero-order valence-corrected chi connectivity index (χ0v) is 18.0. The van der Waals surface area contributed by atoms with Crippen LogP contribution < -0.4 is 10.6 Å². The van der Waals surface area contributed by atoms with Gasteiger partial charge in [-0.1, -0.05) is 6.92 Å². The van der Waals surface area contributed by atoms with Crippen molar-refractivity contribution in [3.63, 3.8) is 0 Å². The van der Waals surface area contributed by atoms with E-state index in [0.717, 1.165) is 35.5 Å². The van der Waals surface area contributed by atoms with Crippen LogP contribution >= 0.6 is 24.0 Å². The molecule has 2 N–H and O–H groups in total. The van der Waals surface area contributed by atoms with E-state index in [4.69, 9.17) is 4.42 Å². The summed E-state index contributed by atoms with van der Waals surface area (Å²) in [6.45, 7) is 5.89. The Labute approximate surface area is 174 Å². The first-order valence-electron chi connectivity index (χ1n) is 8.61. The van der Waals surface area contributed by atoms with Gasteiger partial charge in [-0.3, -0.25) is 4.99 Å². The van der Waals surface area contributed by atoms with Crippen molar-refractivity contribution < 1.29 is 8.81 Å². The predicted octanol–water partition coefficient (Wildman–Crippen LogP) is 3.02. The van der Waals surface area contributed by atoms with Crippen LogP contribution in [0.4, 0.5) is 4.39 Å². The first-order chi connectivity index (χ1) is 12.6. The van der Waals surface area contributed by atoms with Crippen LogP contribution in [0.3, 0.4) is 0 Å². The van der Waals surface area contributed by atoms with Gasteiger partial charge in [0, 0.05) is 37.5 Å². The maximum absolute atomic E-state index is 13.4. The quantitative estimate of drug-likeness (QED) is 0.318. The maximum Gasteiger partial charge on any atom is 0.191 e. The van der Waals surface area contributed by atoms with Crippen LogP contribution in [0, 0.1) is 12.7 Å². The first kappa shape index (κ1) is 21.1. The molecule has 0 radical (unpaired) electrons. The molecule has 1 aromatic carbocycles. The Morgan fingerprint density at radius 1 is 1.33 bits per heavy atom. The zero-order valence-electron chi connectivity index (χ0n) is 15.6. The van der Waals surface area contributed by atoms with Crippen LogP contribution in [0.25, 0.3) is 11.0 Å².